The van der Waals surface area contributed by atoms with Gasteiger partial charge in [-0.25, -0.2) is 8.78 Å². The summed E-state index contributed by atoms with van der Waals surface area (Å²) in [5.41, 5.74) is 0.0588. The Kier molecular flexibility index (Phi) is 6.48. The summed E-state index contributed by atoms with van der Waals surface area (Å²) in [6, 6.07) is 3.86. The molecule has 0 saturated carbocycles. The third-order valence-electron chi connectivity index (χ3n) is 3.45. The molecule has 0 aliphatic carbocycles. The first-order chi connectivity index (χ1) is 10.7. The van der Waals surface area contributed by atoms with Crippen molar-refractivity contribution in [3.05, 3.63) is 41.5 Å². The summed E-state index contributed by atoms with van der Waals surface area (Å²) >= 11 is 0. The van der Waals surface area contributed by atoms with Gasteiger partial charge >= 0.3 is 0 Å². The molecule has 22 heavy (non-hydrogen) atoms. The van der Waals surface area contributed by atoms with E-state index in [9.17, 15) is 13.6 Å². The molecule has 1 saturated heterocycles. The number of halogens is 2. The average Bonchev–Trinajstić information content (AvgIpc) is 2.54. The van der Waals surface area contributed by atoms with Crippen LogP contribution in [0.4, 0.5) is 8.78 Å². The molecular weight excluding hydrogens is 290 g/mol. The normalized spacial score (nSPS) is 16.1. The number of carbonyl (C=O) groups excluding carboxylic acids is 1. The maximum Gasteiger partial charge on any atom is 0.244 e. The Labute approximate surface area is 128 Å². The molecule has 0 unspecified atom stereocenters. The highest BCUT2D eigenvalue weighted by molar-refractivity contribution is 5.91. The number of nitrogens with one attached hydrogen (secondary N) is 1. The van der Waals surface area contributed by atoms with E-state index in [-0.39, 0.29) is 11.5 Å². The maximum absolute atomic E-state index is 13.4. The van der Waals surface area contributed by atoms with Gasteiger partial charge in [0.2, 0.25) is 5.91 Å². The van der Waals surface area contributed by atoms with Crippen molar-refractivity contribution in [1.29, 1.82) is 0 Å². The smallest absolute Gasteiger partial charge is 0.244 e. The summed E-state index contributed by atoms with van der Waals surface area (Å²) in [4.78, 5) is 13.9. The molecule has 0 atom stereocenters. The predicted octanol–water partition coefficient (Wildman–Crippen LogP) is 1.82. The molecule has 1 fully saturated rings. The number of carbonyl (C=O) groups is 1. The Balaban J connectivity index is 1.69. The van der Waals surface area contributed by atoms with Gasteiger partial charge in [-0.15, -0.1) is 0 Å². The van der Waals surface area contributed by atoms with E-state index in [1.165, 1.54) is 24.3 Å². The van der Waals surface area contributed by atoms with Crippen LogP contribution in [0.15, 0.2) is 24.3 Å². The number of rotatable bonds is 6. The fraction of sp³-hybridized carbons (Fsp3) is 0.438. The van der Waals surface area contributed by atoms with Crippen LogP contribution < -0.4 is 5.32 Å². The van der Waals surface area contributed by atoms with Gasteiger partial charge in [0.25, 0.3) is 0 Å². The summed E-state index contributed by atoms with van der Waals surface area (Å²) in [5.74, 6) is -2.18. The monoisotopic (exact) mass is 310 g/mol. The lowest BCUT2D eigenvalue weighted by atomic mass is 10.2. The third-order valence-corrected chi connectivity index (χ3v) is 3.45. The Hall–Kier alpha value is -1.79. The second-order valence-corrected chi connectivity index (χ2v) is 5.07. The Morgan fingerprint density at radius 2 is 2.09 bits per heavy atom. The van der Waals surface area contributed by atoms with Crippen molar-refractivity contribution in [3.63, 3.8) is 0 Å². The van der Waals surface area contributed by atoms with Crippen LogP contribution in [0.25, 0.3) is 6.08 Å². The summed E-state index contributed by atoms with van der Waals surface area (Å²) in [6.45, 7) is 4.82. The molecule has 0 aromatic heterocycles. The topological polar surface area (TPSA) is 41.6 Å². The fourth-order valence-electron chi connectivity index (χ4n) is 2.21. The predicted molar refractivity (Wildman–Crippen MR) is 80.3 cm³/mol. The van der Waals surface area contributed by atoms with Crippen molar-refractivity contribution >= 4 is 12.0 Å². The highest BCUT2D eigenvalue weighted by Gasteiger charge is 2.09. The molecular formula is C16H20F2N2O2. The van der Waals surface area contributed by atoms with Crippen LogP contribution in [0.2, 0.25) is 0 Å². The van der Waals surface area contributed by atoms with E-state index in [2.05, 4.69) is 10.2 Å². The van der Waals surface area contributed by atoms with Gasteiger partial charge in [0.15, 0.2) is 11.6 Å². The quantitative estimate of drug-likeness (QED) is 0.644. The molecule has 1 amide bonds. The molecule has 1 aromatic carbocycles. The SMILES string of the molecule is O=C(/C=C/c1cccc(F)c1F)NCCCN1CCOCC1. The third kappa shape index (κ3) is 5.20. The number of amides is 1. The summed E-state index contributed by atoms with van der Waals surface area (Å²) < 4.78 is 31.7. The minimum Gasteiger partial charge on any atom is -0.379 e. The van der Waals surface area contributed by atoms with Crippen LogP contribution in [0.1, 0.15) is 12.0 Å². The minimum absolute atomic E-state index is 0.0588. The molecule has 0 radical (unpaired) electrons. The van der Waals surface area contributed by atoms with Gasteiger partial charge in [-0.2, -0.15) is 0 Å². The van der Waals surface area contributed by atoms with Crippen LogP contribution in [0.5, 0.6) is 0 Å². The highest BCUT2D eigenvalue weighted by atomic mass is 19.2. The zero-order valence-corrected chi connectivity index (χ0v) is 12.4. The lowest BCUT2D eigenvalue weighted by molar-refractivity contribution is -0.116. The zero-order valence-electron chi connectivity index (χ0n) is 12.4. The van der Waals surface area contributed by atoms with Crippen molar-refractivity contribution in [2.24, 2.45) is 0 Å². The summed E-state index contributed by atoms with van der Waals surface area (Å²) in [5, 5.41) is 2.73. The zero-order chi connectivity index (χ0) is 15.8. The number of hydrogen-bond donors (Lipinski definition) is 1. The molecule has 1 N–H and O–H groups in total. The first kappa shape index (κ1) is 16.6. The van der Waals surface area contributed by atoms with Crippen molar-refractivity contribution in [2.45, 2.75) is 6.42 Å². The van der Waals surface area contributed by atoms with Gasteiger partial charge in [0.1, 0.15) is 0 Å². The second-order valence-electron chi connectivity index (χ2n) is 5.07. The van der Waals surface area contributed by atoms with E-state index >= 15 is 0 Å². The molecule has 2 rings (SSSR count). The number of hydrogen-bond acceptors (Lipinski definition) is 3. The Bertz CT molecular complexity index is 529. The van der Waals surface area contributed by atoms with Crippen LogP contribution in [0, 0.1) is 11.6 Å². The van der Waals surface area contributed by atoms with E-state index in [1.807, 2.05) is 0 Å². The van der Waals surface area contributed by atoms with Crippen LogP contribution in [0.3, 0.4) is 0 Å². The molecule has 6 heteroatoms. The number of nitrogens with zero attached hydrogens (tertiary/aromatic N) is 1. The van der Waals surface area contributed by atoms with Crippen LogP contribution in [-0.4, -0.2) is 50.2 Å². The lowest BCUT2D eigenvalue weighted by Crippen LogP contribution is -2.38. The molecule has 0 bridgehead atoms. The molecule has 1 aliphatic rings. The Morgan fingerprint density at radius 3 is 2.86 bits per heavy atom. The Morgan fingerprint density at radius 1 is 1.32 bits per heavy atom. The molecule has 4 nitrogen and oxygen atoms in total. The van der Waals surface area contributed by atoms with Crippen molar-refractivity contribution < 1.29 is 18.3 Å². The van der Waals surface area contributed by atoms with Gasteiger partial charge in [-0.05, 0) is 25.1 Å². The number of morpholine rings is 1. The van der Waals surface area contributed by atoms with E-state index in [1.54, 1.807) is 0 Å². The van der Waals surface area contributed by atoms with Crippen LogP contribution >= 0.6 is 0 Å². The van der Waals surface area contributed by atoms with E-state index in [0.717, 1.165) is 45.3 Å². The van der Waals surface area contributed by atoms with Crippen molar-refractivity contribution in [3.8, 4) is 0 Å². The number of benzene rings is 1. The first-order valence-electron chi connectivity index (χ1n) is 7.37. The van der Waals surface area contributed by atoms with E-state index < -0.39 is 11.6 Å². The minimum atomic E-state index is -0.945. The molecule has 120 valence electrons. The van der Waals surface area contributed by atoms with Gasteiger partial charge < -0.3 is 10.1 Å². The second kappa shape index (κ2) is 8.60. The van der Waals surface area contributed by atoms with Crippen molar-refractivity contribution in [2.75, 3.05) is 39.4 Å². The molecule has 1 aliphatic heterocycles. The van der Waals surface area contributed by atoms with E-state index in [0.29, 0.717) is 6.54 Å². The maximum atomic E-state index is 13.4. The van der Waals surface area contributed by atoms with Gasteiger partial charge in [0.05, 0.1) is 13.2 Å². The van der Waals surface area contributed by atoms with Crippen LogP contribution in [-0.2, 0) is 9.53 Å². The largest absolute Gasteiger partial charge is 0.379 e. The van der Waals surface area contributed by atoms with Gasteiger partial charge in [-0.1, -0.05) is 12.1 Å². The summed E-state index contributed by atoms with van der Waals surface area (Å²) in [7, 11) is 0. The summed E-state index contributed by atoms with van der Waals surface area (Å²) in [6.07, 6.45) is 3.33. The average molecular weight is 310 g/mol. The molecule has 1 heterocycles. The highest BCUT2D eigenvalue weighted by Crippen LogP contribution is 2.12. The first-order valence-corrected chi connectivity index (χ1v) is 7.37. The van der Waals surface area contributed by atoms with Crippen molar-refractivity contribution in [1.82, 2.24) is 10.2 Å². The van der Waals surface area contributed by atoms with E-state index in [4.69, 9.17) is 4.74 Å². The molecule has 0 spiro atoms. The lowest BCUT2D eigenvalue weighted by Gasteiger charge is -2.26. The van der Waals surface area contributed by atoms with Gasteiger partial charge in [0, 0.05) is 31.3 Å². The van der Waals surface area contributed by atoms with Gasteiger partial charge in [-0.3, -0.25) is 9.69 Å². The number of ether oxygens (including phenoxy) is 1. The standard InChI is InChI=1S/C16H20F2N2O2/c17-14-4-1-3-13(16(14)18)5-6-15(21)19-7-2-8-20-9-11-22-12-10-20/h1,3-6H,2,7-12H2,(H,19,21)/b6-5+. The molecule has 1 aromatic rings. The fourth-order valence-corrected chi connectivity index (χ4v) is 2.21.